The number of hydrogen-bond donors (Lipinski definition) is 1. The van der Waals surface area contributed by atoms with E-state index < -0.39 is 0 Å². The number of ether oxygens (including phenoxy) is 1. The van der Waals surface area contributed by atoms with Crippen molar-refractivity contribution in [2.24, 2.45) is 0 Å². The van der Waals surface area contributed by atoms with Crippen LogP contribution in [0.25, 0.3) is 0 Å². The number of nitrogens with one attached hydrogen (secondary N) is 1. The van der Waals surface area contributed by atoms with Gasteiger partial charge in [0.1, 0.15) is 5.69 Å². The summed E-state index contributed by atoms with van der Waals surface area (Å²) in [4.78, 5) is 14.7. The second-order valence-corrected chi connectivity index (χ2v) is 5.03. The number of esters is 1. The standard InChI is InChI=1S/C16H17NO2/c1-19-16(18)15-10-13-12(7-8-14(13)17-15)9-11-5-3-2-4-6-11/h2-6,10,12,17H,7-9H2,1H3. The Morgan fingerprint density at radius 2 is 2.16 bits per heavy atom. The van der Waals surface area contributed by atoms with E-state index in [1.54, 1.807) is 0 Å². The van der Waals surface area contributed by atoms with Gasteiger partial charge < -0.3 is 9.72 Å². The van der Waals surface area contributed by atoms with Gasteiger partial charge in [0.05, 0.1) is 7.11 Å². The highest BCUT2D eigenvalue weighted by Gasteiger charge is 2.26. The minimum atomic E-state index is -0.284. The number of hydrogen-bond acceptors (Lipinski definition) is 2. The van der Waals surface area contributed by atoms with Gasteiger partial charge in [0.2, 0.25) is 0 Å². The molecule has 19 heavy (non-hydrogen) atoms. The van der Waals surface area contributed by atoms with E-state index in [0.717, 1.165) is 19.3 Å². The molecule has 0 saturated heterocycles. The highest BCUT2D eigenvalue weighted by molar-refractivity contribution is 5.88. The lowest BCUT2D eigenvalue weighted by Crippen LogP contribution is -2.02. The molecule has 1 aromatic heterocycles. The van der Waals surface area contributed by atoms with Crippen molar-refractivity contribution in [1.82, 2.24) is 4.98 Å². The molecule has 1 aliphatic rings. The molecule has 1 N–H and O–H groups in total. The average molecular weight is 255 g/mol. The van der Waals surface area contributed by atoms with Crippen LogP contribution in [-0.2, 0) is 17.6 Å². The Morgan fingerprint density at radius 1 is 1.37 bits per heavy atom. The van der Waals surface area contributed by atoms with Crippen molar-refractivity contribution in [2.45, 2.75) is 25.2 Å². The number of aromatic amines is 1. The van der Waals surface area contributed by atoms with E-state index in [1.165, 1.54) is 23.9 Å². The minimum Gasteiger partial charge on any atom is -0.464 e. The number of benzene rings is 1. The van der Waals surface area contributed by atoms with Crippen LogP contribution in [-0.4, -0.2) is 18.1 Å². The van der Waals surface area contributed by atoms with Gasteiger partial charge in [-0.1, -0.05) is 30.3 Å². The second kappa shape index (κ2) is 4.92. The Morgan fingerprint density at radius 3 is 2.89 bits per heavy atom. The van der Waals surface area contributed by atoms with Gasteiger partial charge in [-0.3, -0.25) is 0 Å². The molecule has 1 heterocycles. The lowest BCUT2D eigenvalue weighted by molar-refractivity contribution is 0.0594. The second-order valence-electron chi connectivity index (χ2n) is 5.03. The van der Waals surface area contributed by atoms with E-state index in [9.17, 15) is 4.79 Å². The number of fused-ring (bicyclic) bond motifs is 1. The predicted octanol–water partition coefficient (Wildman–Crippen LogP) is 3.07. The van der Waals surface area contributed by atoms with Gasteiger partial charge in [-0.25, -0.2) is 4.79 Å². The van der Waals surface area contributed by atoms with Crippen molar-refractivity contribution >= 4 is 5.97 Å². The Kier molecular flexibility index (Phi) is 3.11. The van der Waals surface area contributed by atoms with Crippen LogP contribution in [0.4, 0.5) is 0 Å². The highest BCUT2D eigenvalue weighted by Crippen LogP contribution is 2.36. The molecule has 0 saturated carbocycles. The maximum Gasteiger partial charge on any atom is 0.354 e. The zero-order valence-electron chi connectivity index (χ0n) is 11.0. The first kappa shape index (κ1) is 12.0. The summed E-state index contributed by atoms with van der Waals surface area (Å²) in [5, 5.41) is 0. The van der Waals surface area contributed by atoms with E-state index in [4.69, 9.17) is 4.74 Å². The summed E-state index contributed by atoms with van der Waals surface area (Å²) < 4.78 is 4.76. The number of aromatic nitrogens is 1. The van der Waals surface area contributed by atoms with Crippen LogP contribution < -0.4 is 0 Å². The lowest BCUT2D eigenvalue weighted by Gasteiger charge is -2.09. The largest absolute Gasteiger partial charge is 0.464 e. The molecule has 0 fully saturated rings. The van der Waals surface area contributed by atoms with Crippen molar-refractivity contribution in [3.05, 3.63) is 58.9 Å². The Balaban J connectivity index is 1.82. The smallest absolute Gasteiger partial charge is 0.354 e. The van der Waals surface area contributed by atoms with Gasteiger partial charge in [0.15, 0.2) is 0 Å². The molecule has 1 aromatic carbocycles. The average Bonchev–Trinajstić information content (AvgIpc) is 3.01. The summed E-state index contributed by atoms with van der Waals surface area (Å²) in [5.74, 6) is 0.222. The van der Waals surface area contributed by atoms with E-state index in [0.29, 0.717) is 11.6 Å². The van der Waals surface area contributed by atoms with Crippen LogP contribution in [0.15, 0.2) is 36.4 Å². The van der Waals surface area contributed by atoms with Crippen LogP contribution in [0.2, 0.25) is 0 Å². The minimum absolute atomic E-state index is 0.284. The molecule has 3 nitrogen and oxygen atoms in total. The normalized spacial score (nSPS) is 17.2. The molecule has 3 heteroatoms. The molecule has 1 unspecified atom stereocenters. The predicted molar refractivity (Wildman–Crippen MR) is 73.3 cm³/mol. The van der Waals surface area contributed by atoms with Gasteiger partial charge in [-0.2, -0.15) is 0 Å². The Bertz CT molecular complexity index is 586. The SMILES string of the molecule is COC(=O)c1cc2c([nH]1)CCC2Cc1ccccc1. The van der Waals surface area contributed by atoms with Crippen molar-refractivity contribution in [1.29, 1.82) is 0 Å². The summed E-state index contributed by atoms with van der Waals surface area (Å²) >= 11 is 0. The highest BCUT2D eigenvalue weighted by atomic mass is 16.5. The van der Waals surface area contributed by atoms with Gasteiger partial charge >= 0.3 is 5.97 Å². The van der Waals surface area contributed by atoms with Crippen molar-refractivity contribution in [3.63, 3.8) is 0 Å². The first-order chi connectivity index (χ1) is 9.28. The van der Waals surface area contributed by atoms with E-state index >= 15 is 0 Å². The summed E-state index contributed by atoms with van der Waals surface area (Å²) in [7, 11) is 1.41. The maximum atomic E-state index is 11.5. The van der Waals surface area contributed by atoms with E-state index in [-0.39, 0.29) is 5.97 Å². The van der Waals surface area contributed by atoms with Crippen molar-refractivity contribution in [3.8, 4) is 0 Å². The zero-order valence-corrected chi connectivity index (χ0v) is 11.0. The van der Waals surface area contributed by atoms with Gasteiger partial charge in [-0.15, -0.1) is 0 Å². The number of rotatable bonds is 3. The molecule has 1 atom stereocenters. The third-order valence-corrected chi connectivity index (χ3v) is 3.85. The number of aryl methyl sites for hydroxylation is 1. The van der Waals surface area contributed by atoms with E-state index in [1.807, 2.05) is 12.1 Å². The molecule has 2 aromatic rings. The molecule has 0 aliphatic heterocycles. The van der Waals surface area contributed by atoms with Crippen molar-refractivity contribution < 1.29 is 9.53 Å². The number of H-pyrrole nitrogens is 1. The first-order valence-electron chi connectivity index (χ1n) is 6.62. The molecule has 1 aliphatic carbocycles. The van der Waals surface area contributed by atoms with E-state index in [2.05, 4.69) is 29.2 Å². The first-order valence-corrected chi connectivity index (χ1v) is 6.62. The monoisotopic (exact) mass is 255 g/mol. The maximum absolute atomic E-state index is 11.5. The number of methoxy groups -OCH3 is 1. The summed E-state index contributed by atoms with van der Waals surface area (Å²) in [6, 6.07) is 12.5. The topological polar surface area (TPSA) is 42.1 Å². The third kappa shape index (κ3) is 2.28. The fraction of sp³-hybridized carbons (Fsp3) is 0.312. The molecule has 0 spiro atoms. The van der Waals surface area contributed by atoms with Crippen LogP contribution in [0.1, 0.15) is 39.6 Å². The van der Waals surface area contributed by atoms with Crippen LogP contribution in [0.5, 0.6) is 0 Å². The van der Waals surface area contributed by atoms with Gasteiger partial charge in [0, 0.05) is 5.69 Å². The summed E-state index contributed by atoms with van der Waals surface area (Å²) in [6.45, 7) is 0. The van der Waals surface area contributed by atoms with Crippen molar-refractivity contribution in [2.75, 3.05) is 7.11 Å². The number of carbonyl (C=O) groups is 1. The quantitative estimate of drug-likeness (QED) is 0.856. The zero-order chi connectivity index (χ0) is 13.2. The fourth-order valence-corrected chi connectivity index (χ4v) is 2.89. The van der Waals surface area contributed by atoms with Gasteiger partial charge in [-0.05, 0) is 42.4 Å². The molecular weight excluding hydrogens is 238 g/mol. The lowest BCUT2D eigenvalue weighted by atomic mass is 9.95. The van der Waals surface area contributed by atoms with Gasteiger partial charge in [0.25, 0.3) is 0 Å². The van der Waals surface area contributed by atoms with Crippen LogP contribution in [0.3, 0.4) is 0 Å². The molecule has 98 valence electrons. The fourth-order valence-electron chi connectivity index (χ4n) is 2.89. The summed E-state index contributed by atoms with van der Waals surface area (Å²) in [6.07, 6.45) is 3.20. The van der Waals surface area contributed by atoms with Crippen LogP contribution >= 0.6 is 0 Å². The third-order valence-electron chi connectivity index (χ3n) is 3.85. The Labute approximate surface area is 112 Å². The molecular formula is C16H17NO2. The molecule has 3 rings (SSSR count). The van der Waals surface area contributed by atoms with Crippen LogP contribution in [0, 0.1) is 0 Å². The Hall–Kier alpha value is -2.03. The summed E-state index contributed by atoms with van der Waals surface area (Å²) in [5.41, 5.74) is 4.40. The number of carbonyl (C=O) groups excluding carboxylic acids is 1. The molecule has 0 radical (unpaired) electrons. The molecule has 0 bridgehead atoms. The molecule has 0 amide bonds.